The van der Waals surface area contributed by atoms with Gasteiger partial charge in [-0.2, -0.15) is 0 Å². The molecule has 22 unspecified atom stereocenters. The molecule has 12 saturated carbocycles. The third-order valence-corrected chi connectivity index (χ3v) is 56.3. The molecule has 0 aromatic rings. The van der Waals surface area contributed by atoms with Gasteiger partial charge < -0.3 is 79.5 Å². The Bertz CT molecular complexity index is 3540. The average Bonchev–Trinajstić information content (AvgIpc) is 1.61. The van der Waals surface area contributed by atoms with Crippen LogP contribution in [0.25, 0.3) is 0 Å². The van der Waals surface area contributed by atoms with E-state index < -0.39 is 85.3 Å². The first-order valence-corrected chi connectivity index (χ1v) is 58.9. The smallest absolute Gasteiger partial charge is 0.343 e. The summed E-state index contributed by atoms with van der Waals surface area (Å²) >= 11 is 21.0. The van der Waals surface area contributed by atoms with E-state index in [1.165, 1.54) is 75.7 Å². The van der Waals surface area contributed by atoms with Gasteiger partial charge >= 0.3 is 35.8 Å². The number of aliphatic hydroxyl groups is 10. The molecule has 10 N–H and O–H groups in total. The van der Waals surface area contributed by atoms with Crippen LogP contribution in [0.4, 0.5) is 22.0 Å². The molecule has 0 aromatic carbocycles. The van der Waals surface area contributed by atoms with Crippen LogP contribution in [0.15, 0.2) is 0 Å². The van der Waals surface area contributed by atoms with Crippen LogP contribution >= 0.6 is 141 Å². The van der Waals surface area contributed by atoms with Gasteiger partial charge in [-0.15, -0.1) is 141 Å². The molecular weight excluding hydrogens is 1950 g/mol. The van der Waals surface area contributed by atoms with Crippen LogP contribution < -0.4 is 0 Å². The second-order valence-electron chi connectivity index (χ2n) is 44.6. The van der Waals surface area contributed by atoms with Gasteiger partial charge in [0.15, 0.2) is 0 Å². The second-order valence-corrected chi connectivity index (χ2v) is 61.9. The topological polar surface area (TPSA) is 360 Å². The number of carbonyl (C=O) groups excluding carboxylic acids is 6. The van der Waals surface area contributed by atoms with Crippen LogP contribution in [0.2, 0.25) is 0 Å². The van der Waals surface area contributed by atoms with Crippen molar-refractivity contribution in [3.8, 4) is 0 Å². The molecule has 18 rings (SSSR count). The lowest BCUT2D eigenvalue weighted by atomic mass is 9.93. The van der Waals surface area contributed by atoms with Crippen molar-refractivity contribution in [3.05, 3.63) is 0 Å². The highest BCUT2D eigenvalue weighted by Crippen LogP contribution is 2.73. The molecule has 0 radical (unpaired) electrons. The van der Waals surface area contributed by atoms with Crippen molar-refractivity contribution in [2.24, 2.45) is 98.1 Å². The first-order valence-electron chi connectivity index (χ1n) is 47.3. The lowest BCUT2D eigenvalue weighted by Gasteiger charge is -2.49. The van der Waals surface area contributed by atoms with Gasteiger partial charge in [-0.1, -0.05) is 0 Å². The predicted octanol–water partition coefficient (Wildman–Crippen LogP) is 14.4. The highest BCUT2D eigenvalue weighted by atomic mass is 32.2. The van der Waals surface area contributed by atoms with E-state index >= 15 is 0 Å². The molecule has 22 nitrogen and oxygen atoms in total. The molecule has 6 aliphatic heterocycles. The standard InChI is InChI=1S/C17H28O4S2.3C16H25FO4S2.2C14H21FO3S2/c1-15(2,3)14(20)21-13-11-4-5-12(6-11)17(13)22-9-16(7-18,8-19)10-23-17;3*1-14(2,17)13(20)21-12-10-3-4-11(5-10)16(12)22-8-15(6-18,7-19)9-23-16;2*1-13(2,15)12(17)18-11-8-3-4-9(5-8)14(11)19-7-10(6-16)20-14/h11-13,18-19H,4-10H2,1-3H3;3*10-12,18-19H,3-9H2,1-2H3;2*8-11,16H,3-7H2,1-2H3. The predicted molar refractivity (Wildman–Crippen MR) is 524 cm³/mol. The summed E-state index contributed by atoms with van der Waals surface area (Å²) in [6, 6.07) is 0. The number of halogens is 5. The van der Waals surface area contributed by atoms with Gasteiger partial charge in [-0.05, 0) is 277 Å². The molecule has 12 aliphatic carbocycles. The highest BCUT2D eigenvalue weighted by molar-refractivity contribution is 8.22. The number of aliphatic hydroxyl groups excluding tert-OH is 10. The summed E-state index contributed by atoms with van der Waals surface area (Å²) in [5.41, 5.74) is -12.1. The Morgan fingerprint density at radius 2 is 0.424 bits per heavy atom. The highest BCUT2D eigenvalue weighted by Gasteiger charge is 2.71. The zero-order chi connectivity index (χ0) is 96.6. The monoisotopic (exact) mass is 2090 g/mol. The van der Waals surface area contributed by atoms with E-state index in [2.05, 4.69) is 0 Å². The summed E-state index contributed by atoms with van der Waals surface area (Å²) in [6.07, 6.45) is 18.4. The molecule has 18 fully saturated rings. The van der Waals surface area contributed by atoms with E-state index in [1.807, 2.05) is 67.8 Å². The van der Waals surface area contributed by atoms with Crippen molar-refractivity contribution in [3.63, 3.8) is 0 Å². The fourth-order valence-electron chi connectivity index (χ4n) is 22.9. The third kappa shape index (κ3) is 21.8. The van der Waals surface area contributed by atoms with Gasteiger partial charge in [-0.3, -0.25) is 4.79 Å². The maximum atomic E-state index is 13.9. The Morgan fingerprint density at radius 3 is 0.576 bits per heavy atom. The first-order chi connectivity index (χ1) is 61.8. The summed E-state index contributed by atoms with van der Waals surface area (Å²) in [7, 11) is 0. The van der Waals surface area contributed by atoms with Gasteiger partial charge in [0.2, 0.25) is 28.3 Å². The molecule has 6 heterocycles. The fourth-order valence-corrected chi connectivity index (χ4v) is 47.9. The zero-order valence-electron chi connectivity index (χ0n) is 78.6. The van der Waals surface area contributed by atoms with Crippen LogP contribution in [0.3, 0.4) is 0 Å². The second kappa shape index (κ2) is 42.0. The Balaban J connectivity index is 0.000000135. The summed E-state index contributed by atoms with van der Waals surface area (Å²) in [5, 5.41) is 96.1. The van der Waals surface area contributed by atoms with E-state index in [-0.39, 0.29) is 144 Å². The fraction of sp³-hybridized carbons (Fsp3) is 0.935. The summed E-state index contributed by atoms with van der Waals surface area (Å²) in [4.78, 5) is 72.5. The van der Waals surface area contributed by atoms with E-state index in [1.54, 1.807) is 94.1 Å². The normalized spacial score (nSPS) is 37.4. The van der Waals surface area contributed by atoms with Crippen LogP contribution in [0.1, 0.15) is 206 Å². The number of esters is 6. The molecule has 756 valence electrons. The molecule has 22 atom stereocenters. The Morgan fingerprint density at radius 1 is 0.258 bits per heavy atom. The SMILES string of the molecule is CC(C)(C)C(=O)OC1C2CCC(C2)C12SCC(CO)(CO)CS2.CC(C)(F)C(=O)OC1C2CCC(C2)C12SCC(CO)(CO)CS2.CC(C)(F)C(=O)OC1C2CCC(C2)C12SCC(CO)(CO)CS2.CC(C)(F)C(=O)OC1C2CCC(C2)C12SCC(CO)(CO)CS2.CC(C)(F)C(=O)OC1C2CCC(C2)C12SCC(CO)S2.CC(C)(F)C(=O)OC1C2CCC(C2)C12SCC(CO)S2. The lowest BCUT2D eigenvalue weighted by Crippen LogP contribution is -2.52. The number of thioether (sulfide) groups is 12. The summed E-state index contributed by atoms with van der Waals surface area (Å²) < 4.78 is 102. The molecular formula is C93H145F5O22S12. The number of hydrogen-bond donors (Lipinski definition) is 10. The Kier molecular flexibility index (Phi) is 34.9. The van der Waals surface area contributed by atoms with Gasteiger partial charge in [0.1, 0.15) is 61.1 Å². The van der Waals surface area contributed by atoms with Gasteiger partial charge in [-0.25, -0.2) is 45.9 Å². The number of alkyl halides is 5. The van der Waals surface area contributed by atoms with Crippen LogP contribution in [-0.4, -0.2) is 310 Å². The zero-order valence-corrected chi connectivity index (χ0v) is 88.4. The van der Waals surface area contributed by atoms with Crippen molar-refractivity contribution in [1.82, 2.24) is 0 Å². The minimum atomic E-state index is -1.98. The van der Waals surface area contributed by atoms with E-state index in [9.17, 15) is 102 Å². The van der Waals surface area contributed by atoms with Gasteiger partial charge in [0.05, 0.1) is 71.5 Å². The first kappa shape index (κ1) is 110. The molecule has 0 aromatic heterocycles. The van der Waals surface area contributed by atoms with Crippen molar-refractivity contribution < 1.29 is 130 Å². The van der Waals surface area contributed by atoms with Crippen LogP contribution in [0, 0.1) is 98.1 Å². The van der Waals surface area contributed by atoms with Crippen molar-refractivity contribution in [1.29, 1.82) is 0 Å². The van der Waals surface area contributed by atoms with Crippen molar-refractivity contribution in [2.45, 2.75) is 306 Å². The maximum absolute atomic E-state index is 13.9. The minimum absolute atomic E-state index is 0.0140. The van der Waals surface area contributed by atoms with E-state index in [0.29, 0.717) is 106 Å². The molecule has 6 spiro atoms. The molecule has 0 amide bonds. The molecule has 18 aliphatic rings. The number of rotatable bonds is 21. The van der Waals surface area contributed by atoms with E-state index in [4.69, 9.17) is 28.4 Å². The molecule has 132 heavy (non-hydrogen) atoms. The quantitative estimate of drug-likeness (QED) is 0.0290. The minimum Gasteiger partial charge on any atom is -0.459 e. The summed E-state index contributed by atoms with van der Waals surface area (Å²) in [6.45, 7) is 18.2. The van der Waals surface area contributed by atoms with Crippen LogP contribution in [-0.2, 0) is 57.2 Å². The number of ether oxygens (including phenoxy) is 6. The Labute approximate surface area is 827 Å². The third-order valence-electron chi connectivity index (χ3n) is 31.3. The number of hydrogen-bond acceptors (Lipinski definition) is 34. The lowest BCUT2D eigenvalue weighted by molar-refractivity contribution is -0.164. The van der Waals surface area contributed by atoms with Crippen molar-refractivity contribution >= 4 is 177 Å². The maximum Gasteiger partial charge on any atom is 0.343 e. The number of fused-ring (bicyclic) bond motifs is 18. The average molecular weight is 2090 g/mol. The van der Waals surface area contributed by atoms with E-state index in [0.717, 1.165) is 132 Å². The molecule has 39 heteroatoms. The summed E-state index contributed by atoms with van der Waals surface area (Å²) in [5.74, 6) is 8.28. The molecule has 6 saturated heterocycles. The van der Waals surface area contributed by atoms with Gasteiger partial charge in [0, 0.05) is 89.7 Å². The Hall–Kier alpha value is 0.270. The van der Waals surface area contributed by atoms with Gasteiger partial charge in [0.25, 0.3) is 0 Å². The largest absolute Gasteiger partial charge is 0.459 e. The molecule has 12 bridgehead atoms. The number of carbonyl (C=O) groups is 6. The van der Waals surface area contributed by atoms with Crippen LogP contribution in [0.5, 0.6) is 0 Å². The van der Waals surface area contributed by atoms with Crippen molar-refractivity contribution in [2.75, 3.05) is 124 Å².